The van der Waals surface area contributed by atoms with Gasteiger partial charge < -0.3 is 14.2 Å². The van der Waals surface area contributed by atoms with Gasteiger partial charge in [0.2, 0.25) is 0 Å². The summed E-state index contributed by atoms with van der Waals surface area (Å²) in [6.45, 7) is 6.38. The van der Waals surface area contributed by atoms with Crippen molar-refractivity contribution in [1.82, 2.24) is 0 Å². The molecule has 0 aliphatic heterocycles. The Morgan fingerprint density at radius 3 is 0.792 bits per heavy atom. The smallest absolute Gasteiger partial charge is 0.306 e. The lowest BCUT2D eigenvalue weighted by molar-refractivity contribution is -0.167. The van der Waals surface area contributed by atoms with Gasteiger partial charge in [0.05, 0.1) is 0 Å². The van der Waals surface area contributed by atoms with Crippen LogP contribution in [0.25, 0.3) is 0 Å². The topological polar surface area (TPSA) is 78.9 Å². The van der Waals surface area contributed by atoms with Crippen molar-refractivity contribution in [3.8, 4) is 0 Å². The minimum Gasteiger partial charge on any atom is -0.462 e. The van der Waals surface area contributed by atoms with Crippen LogP contribution in [0.15, 0.2) is 109 Å². The maximum Gasteiger partial charge on any atom is 0.306 e. The van der Waals surface area contributed by atoms with Crippen LogP contribution in [0.5, 0.6) is 0 Å². The minimum atomic E-state index is -0.782. The summed E-state index contributed by atoms with van der Waals surface area (Å²) in [5.74, 6) is -0.890. The maximum atomic E-state index is 12.9. The van der Waals surface area contributed by atoms with Crippen molar-refractivity contribution in [2.24, 2.45) is 0 Å². The van der Waals surface area contributed by atoms with Gasteiger partial charge in [0, 0.05) is 19.3 Å². The first-order valence-corrected chi connectivity index (χ1v) is 32.4. The molecule has 0 fully saturated rings. The van der Waals surface area contributed by atoms with Crippen LogP contribution in [0.3, 0.4) is 0 Å². The van der Waals surface area contributed by atoms with Gasteiger partial charge in [0.25, 0.3) is 0 Å². The first-order chi connectivity index (χ1) is 38.0. The van der Waals surface area contributed by atoms with E-state index in [1.165, 1.54) is 141 Å². The van der Waals surface area contributed by atoms with Gasteiger partial charge in [-0.1, -0.05) is 291 Å². The molecular formula is C71H120O6. The highest BCUT2D eigenvalue weighted by Gasteiger charge is 2.19. The van der Waals surface area contributed by atoms with Crippen LogP contribution in [0, 0.1) is 0 Å². The predicted molar refractivity (Wildman–Crippen MR) is 334 cm³/mol. The summed E-state index contributed by atoms with van der Waals surface area (Å²) in [6, 6.07) is 0. The molecule has 1 atom stereocenters. The van der Waals surface area contributed by atoms with Crippen molar-refractivity contribution < 1.29 is 28.6 Å². The fourth-order valence-electron chi connectivity index (χ4n) is 8.99. The largest absolute Gasteiger partial charge is 0.462 e. The summed E-state index contributed by atoms with van der Waals surface area (Å²) in [4.78, 5) is 38.1. The Hall–Kier alpha value is -3.93. The van der Waals surface area contributed by atoms with Crippen LogP contribution in [-0.2, 0) is 28.6 Å². The van der Waals surface area contributed by atoms with E-state index in [9.17, 15) is 14.4 Å². The second-order valence-corrected chi connectivity index (χ2v) is 21.3. The monoisotopic (exact) mass is 1070 g/mol. The van der Waals surface area contributed by atoms with Gasteiger partial charge in [0.1, 0.15) is 13.2 Å². The van der Waals surface area contributed by atoms with Crippen molar-refractivity contribution in [2.45, 2.75) is 309 Å². The van der Waals surface area contributed by atoms with E-state index in [0.717, 1.165) is 122 Å². The third-order valence-corrected chi connectivity index (χ3v) is 13.8. The first kappa shape index (κ1) is 73.1. The first-order valence-electron chi connectivity index (χ1n) is 32.4. The van der Waals surface area contributed by atoms with Gasteiger partial charge in [-0.25, -0.2) is 0 Å². The van der Waals surface area contributed by atoms with E-state index in [1.54, 1.807) is 0 Å². The molecule has 0 saturated heterocycles. The lowest BCUT2D eigenvalue weighted by atomic mass is 10.0. The van der Waals surface area contributed by atoms with Gasteiger partial charge in [-0.2, -0.15) is 0 Å². The van der Waals surface area contributed by atoms with Gasteiger partial charge >= 0.3 is 17.9 Å². The molecule has 1 unspecified atom stereocenters. The maximum absolute atomic E-state index is 12.9. The lowest BCUT2D eigenvalue weighted by Crippen LogP contribution is -2.30. The van der Waals surface area contributed by atoms with E-state index >= 15 is 0 Å². The second kappa shape index (κ2) is 64.6. The van der Waals surface area contributed by atoms with Gasteiger partial charge in [-0.05, 0) is 103 Å². The molecular weight excluding hydrogens is 949 g/mol. The standard InChI is InChI=1S/C71H120O6/c1-4-7-10-13-16-18-20-22-24-26-28-30-32-33-34-35-36-37-39-40-42-44-46-48-50-52-55-58-61-64-70(73)76-67-68(66-75-69(72)63-60-57-54-15-12-9-6-3)77-71(74)65-62-59-56-53-51-49-47-45-43-41-38-31-29-27-25-23-21-19-17-14-11-8-5-2/h7-8,10-11,16-19,22-25,28-31,41,43,68H,4-6,9,12-15,20-21,26-27,32-40,42,44-67H2,1-3H3/b10-7-,11-8-,18-16-,19-17-,24-22-,25-23-,30-28-,31-29-,43-41-. The van der Waals surface area contributed by atoms with E-state index in [2.05, 4.69) is 130 Å². The third-order valence-electron chi connectivity index (χ3n) is 13.8. The second-order valence-electron chi connectivity index (χ2n) is 21.3. The van der Waals surface area contributed by atoms with E-state index in [1.807, 2.05) is 0 Å². The highest BCUT2D eigenvalue weighted by Crippen LogP contribution is 2.16. The third kappa shape index (κ3) is 62.8. The average Bonchev–Trinajstić information content (AvgIpc) is 3.43. The van der Waals surface area contributed by atoms with Crippen molar-refractivity contribution in [3.05, 3.63) is 109 Å². The van der Waals surface area contributed by atoms with E-state index in [0.29, 0.717) is 19.3 Å². The van der Waals surface area contributed by atoms with E-state index < -0.39 is 6.10 Å². The van der Waals surface area contributed by atoms with Crippen LogP contribution in [-0.4, -0.2) is 37.2 Å². The summed E-state index contributed by atoms with van der Waals surface area (Å²) in [5.41, 5.74) is 0. The van der Waals surface area contributed by atoms with E-state index in [-0.39, 0.29) is 31.1 Å². The Balaban J connectivity index is 4.12. The molecule has 0 spiro atoms. The molecule has 0 aromatic rings. The molecule has 0 bridgehead atoms. The SMILES string of the molecule is CC/C=C\C/C=C\C/C=C\C/C=C\C/C=C\CCCCCCCCCC(=O)OC(COC(=O)CCCCCCCCC)COC(=O)CCCCCCCCCCCCCCCCCC/C=C\C/C=C\C/C=C\C/C=C\CC. The molecule has 0 aliphatic carbocycles. The van der Waals surface area contributed by atoms with Crippen molar-refractivity contribution in [1.29, 1.82) is 0 Å². The zero-order valence-corrected chi connectivity index (χ0v) is 50.4. The van der Waals surface area contributed by atoms with Gasteiger partial charge in [0.15, 0.2) is 6.10 Å². The molecule has 0 aliphatic rings. The van der Waals surface area contributed by atoms with Crippen LogP contribution in [0.4, 0.5) is 0 Å². The highest BCUT2D eigenvalue weighted by atomic mass is 16.6. The number of ether oxygens (including phenoxy) is 3. The average molecular weight is 1070 g/mol. The summed E-state index contributed by atoms with van der Waals surface area (Å²) in [5, 5.41) is 0. The highest BCUT2D eigenvalue weighted by molar-refractivity contribution is 5.71. The Morgan fingerprint density at radius 2 is 0.506 bits per heavy atom. The molecule has 440 valence electrons. The lowest BCUT2D eigenvalue weighted by Gasteiger charge is -2.18. The zero-order chi connectivity index (χ0) is 55.7. The van der Waals surface area contributed by atoms with Crippen LogP contribution in [0.2, 0.25) is 0 Å². The molecule has 0 aromatic carbocycles. The Morgan fingerprint density at radius 1 is 0.273 bits per heavy atom. The molecule has 0 amide bonds. The number of carbonyl (C=O) groups is 3. The fourth-order valence-corrected chi connectivity index (χ4v) is 8.99. The number of rotatable bonds is 58. The van der Waals surface area contributed by atoms with Gasteiger partial charge in [-0.3, -0.25) is 14.4 Å². The Labute approximate surface area is 476 Å². The number of allylic oxidation sites excluding steroid dienone is 18. The quantitative estimate of drug-likeness (QED) is 0.0261. The number of carbonyl (C=O) groups excluding carboxylic acids is 3. The van der Waals surface area contributed by atoms with Crippen LogP contribution >= 0.6 is 0 Å². The summed E-state index contributed by atoms with van der Waals surface area (Å²) < 4.78 is 16.8. The Kier molecular flexibility index (Phi) is 61.3. The summed E-state index contributed by atoms with van der Waals surface area (Å²) >= 11 is 0. The van der Waals surface area contributed by atoms with Crippen molar-refractivity contribution in [3.63, 3.8) is 0 Å². The number of hydrogen-bond donors (Lipinski definition) is 0. The fraction of sp³-hybridized carbons (Fsp3) is 0.704. The molecule has 6 nitrogen and oxygen atoms in total. The molecule has 0 aromatic heterocycles. The number of unbranched alkanes of at least 4 members (excludes halogenated alkanes) is 29. The molecule has 0 N–H and O–H groups in total. The molecule has 77 heavy (non-hydrogen) atoms. The van der Waals surface area contributed by atoms with Crippen LogP contribution in [0.1, 0.15) is 303 Å². The predicted octanol–water partition coefficient (Wildman–Crippen LogP) is 22.2. The molecule has 0 rings (SSSR count). The number of esters is 3. The van der Waals surface area contributed by atoms with Gasteiger partial charge in [-0.15, -0.1) is 0 Å². The number of hydrogen-bond acceptors (Lipinski definition) is 6. The molecule has 0 radical (unpaired) electrons. The molecule has 6 heteroatoms. The van der Waals surface area contributed by atoms with E-state index in [4.69, 9.17) is 14.2 Å². The zero-order valence-electron chi connectivity index (χ0n) is 50.4. The summed E-state index contributed by atoms with van der Waals surface area (Å²) in [6.07, 6.45) is 88.4. The van der Waals surface area contributed by atoms with Crippen molar-refractivity contribution >= 4 is 17.9 Å². The van der Waals surface area contributed by atoms with Crippen LogP contribution < -0.4 is 0 Å². The Bertz CT molecular complexity index is 1560. The molecule has 0 heterocycles. The van der Waals surface area contributed by atoms with Crippen molar-refractivity contribution in [2.75, 3.05) is 13.2 Å². The summed E-state index contributed by atoms with van der Waals surface area (Å²) in [7, 11) is 0. The normalized spacial score (nSPS) is 12.8. The molecule has 0 saturated carbocycles. The minimum absolute atomic E-state index is 0.0807.